The second-order valence-corrected chi connectivity index (χ2v) is 6.48. The van der Waals surface area contributed by atoms with Crippen molar-refractivity contribution in [3.05, 3.63) is 46.7 Å². The maximum absolute atomic E-state index is 12.8. The lowest BCUT2D eigenvalue weighted by Crippen LogP contribution is -2.22. The van der Waals surface area contributed by atoms with Crippen molar-refractivity contribution >= 4 is 11.6 Å². The zero-order valence-electron chi connectivity index (χ0n) is 12.3. The SMILES string of the molecule is CC(C)(C)c1ccn(-c2cc(Cl)ccc2[C@@H](O)C(F)(F)F)n1. The molecule has 3 nitrogen and oxygen atoms in total. The molecule has 0 saturated carbocycles. The minimum absolute atomic E-state index is 0.104. The van der Waals surface area contributed by atoms with Gasteiger partial charge in [-0.15, -0.1) is 0 Å². The Balaban J connectivity index is 2.55. The monoisotopic (exact) mass is 332 g/mol. The molecule has 7 heteroatoms. The van der Waals surface area contributed by atoms with Crippen LogP contribution in [0.15, 0.2) is 30.5 Å². The summed E-state index contributed by atoms with van der Waals surface area (Å²) in [4.78, 5) is 0. The van der Waals surface area contributed by atoms with Crippen LogP contribution >= 0.6 is 11.6 Å². The van der Waals surface area contributed by atoms with Crippen LogP contribution in [-0.4, -0.2) is 21.1 Å². The van der Waals surface area contributed by atoms with Crippen LogP contribution in [0.5, 0.6) is 0 Å². The van der Waals surface area contributed by atoms with Crippen LogP contribution in [0.1, 0.15) is 38.1 Å². The number of benzene rings is 1. The van der Waals surface area contributed by atoms with Crippen molar-refractivity contribution in [2.45, 2.75) is 38.5 Å². The molecule has 22 heavy (non-hydrogen) atoms. The van der Waals surface area contributed by atoms with Crippen LogP contribution in [0.4, 0.5) is 13.2 Å². The molecule has 1 heterocycles. The van der Waals surface area contributed by atoms with E-state index in [1.54, 1.807) is 12.3 Å². The topological polar surface area (TPSA) is 38.0 Å². The molecule has 0 spiro atoms. The molecule has 1 N–H and O–H groups in total. The average Bonchev–Trinajstić information content (AvgIpc) is 2.86. The summed E-state index contributed by atoms with van der Waals surface area (Å²) in [5, 5.41) is 14.1. The van der Waals surface area contributed by atoms with Crippen LogP contribution in [0.2, 0.25) is 5.02 Å². The van der Waals surface area contributed by atoms with Gasteiger partial charge in [0.15, 0.2) is 6.10 Å². The third-order valence-electron chi connectivity index (χ3n) is 3.20. The average molecular weight is 333 g/mol. The highest BCUT2D eigenvalue weighted by atomic mass is 35.5. The Kier molecular flexibility index (Phi) is 4.28. The normalized spacial score (nSPS) is 14.2. The van der Waals surface area contributed by atoms with Gasteiger partial charge in [-0.1, -0.05) is 38.4 Å². The molecule has 0 fully saturated rings. The van der Waals surface area contributed by atoms with Gasteiger partial charge in [-0.2, -0.15) is 18.3 Å². The van der Waals surface area contributed by atoms with Crippen molar-refractivity contribution in [2.75, 3.05) is 0 Å². The van der Waals surface area contributed by atoms with E-state index in [1.807, 2.05) is 20.8 Å². The van der Waals surface area contributed by atoms with E-state index < -0.39 is 12.3 Å². The first-order valence-electron chi connectivity index (χ1n) is 6.61. The fourth-order valence-corrected chi connectivity index (χ4v) is 2.15. The highest BCUT2D eigenvalue weighted by Crippen LogP contribution is 2.36. The van der Waals surface area contributed by atoms with E-state index in [9.17, 15) is 18.3 Å². The summed E-state index contributed by atoms with van der Waals surface area (Å²) in [7, 11) is 0. The molecule has 0 aliphatic carbocycles. The van der Waals surface area contributed by atoms with E-state index in [1.165, 1.54) is 16.8 Å². The number of hydrogen-bond acceptors (Lipinski definition) is 2. The summed E-state index contributed by atoms with van der Waals surface area (Å²) in [6.45, 7) is 5.84. The zero-order valence-corrected chi connectivity index (χ0v) is 13.1. The minimum Gasteiger partial charge on any atom is -0.379 e. The van der Waals surface area contributed by atoms with Crippen LogP contribution in [0.25, 0.3) is 5.69 Å². The van der Waals surface area contributed by atoms with Crippen LogP contribution in [0, 0.1) is 0 Å². The smallest absolute Gasteiger partial charge is 0.379 e. The van der Waals surface area contributed by atoms with Gasteiger partial charge in [-0.25, -0.2) is 4.68 Å². The van der Waals surface area contributed by atoms with Gasteiger partial charge in [0.25, 0.3) is 0 Å². The summed E-state index contributed by atoms with van der Waals surface area (Å²) in [6.07, 6.45) is -5.80. The lowest BCUT2D eigenvalue weighted by atomic mass is 9.93. The Morgan fingerprint density at radius 3 is 2.32 bits per heavy atom. The molecule has 1 atom stereocenters. The summed E-state index contributed by atoms with van der Waals surface area (Å²) in [5.74, 6) is 0. The Morgan fingerprint density at radius 1 is 1.18 bits per heavy atom. The van der Waals surface area contributed by atoms with Gasteiger partial charge >= 0.3 is 6.18 Å². The molecule has 1 aromatic carbocycles. The number of nitrogens with zero attached hydrogens (tertiary/aromatic N) is 2. The van der Waals surface area contributed by atoms with E-state index in [4.69, 9.17) is 11.6 Å². The van der Waals surface area contributed by atoms with E-state index >= 15 is 0 Å². The predicted octanol–water partition coefficient (Wildman–Crippen LogP) is 4.42. The summed E-state index contributed by atoms with van der Waals surface area (Å²) in [6, 6.07) is 5.55. The number of aliphatic hydroxyl groups excluding tert-OH is 1. The molecule has 0 unspecified atom stereocenters. The van der Waals surface area contributed by atoms with Crippen LogP contribution in [0.3, 0.4) is 0 Å². The third-order valence-corrected chi connectivity index (χ3v) is 3.44. The van der Waals surface area contributed by atoms with Crippen molar-refractivity contribution in [3.63, 3.8) is 0 Å². The van der Waals surface area contributed by atoms with Crippen molar-refractivity contribution in [1.29, 1.82) is 0 Å². The van der Waals surface area contributed by atoms with Gasteiger partial charge < -0.3 is 5.11 Å². The van der Waals surface area contributed by atoms with Gasteiger partial charge in [0.05, 0.1) is 11.4 Å². The van der Waals surface area contributed by atoms with Gasteiger partial charge in [-0.05, 0) is 18.2 Å². The van der Waals surface area contributed by atoms with Gasteiger partial charge in [0.2, 0.25) is 0 Å². The predicted molar refractivity (Wildman–Crippen MR) is 78.3 cm³/mol. The van der Waals surface area contributed by atoms with Crippen molar-refractivity contribution in [3.8, 4) is 5.69 Å². The standard InChI is InChI=1S/C15H16ClF3N2O/c1-14(2,3)12-6-7-21(20-12)11-8-9(16)4-5-10(11)13(22)15(17,18)19/h4-8,13,22H,1-3H3/t13-/m1/s1. The van der Waals surface area contributed by atoms with E-state index in [-0.39, 0.29) is 21.7 Å². The molecule has 0 amide bonds. The molecule has 2 rings (SSSR count). The first-order chi connectivity index (χ1) is 10.00. The van der Waals surface area contributed by atoms with Crippen LogP contribution < -0.4 is 0 Å². The van der Waals surface area contributed by atoms with E-state index in [2.05, 4.69) is 5.10 Å². The Morgan fingerprint density at radius 2 is 1.82 bits per heavy atom. The molecule has 0 saturated heterocycles. The Labute approximate surface area is 131 Å². The van der Waals surface area contributed by atoms with Crippen molar-refractivity contribution in [2.24, 2.45) is 0 Å². The quantitative estimate of drug-likeness (QED) is 0.884. The second-order valence-electron chi connectivity index (χ2n) is 6.04. The highest BCUT2D eigenvalue weighted by Gasteiger charge is 2.41. The van der Waals surface area contributed by atoms with Crippen molar-refractivity contribution < 1.29 is 18.3 Å². The lowest BCUT2D eigenvalue weighted by molar-refractivity contribution is -0.206. The Bertz CT molecular complexity index is 674. The summed E-state index contributed by atoms with van der Waals surface area (Å²) >= 11 is 5.88. The largest absolute Gasteiger partial charge is 0.418 e. The first kappa shape index (κ1) is 16.8. The molecule has 0 aliphatic heterocycles. The zero-order chi connectivity index (χ0) is 16.7. The highest BCUT2D eigenvalue weighted by molar-refractivity contribution is 6.30. The minimum atomic E-state index is -4.76. The fourth-order valence-electron chi connectivity index (χ4n) is 1.98. The summed E-state index contributed by atoms with van der Waals surface area (Å²) < 4.78 is 39.7. The number of alkyl halides is 3. The fraction of sp³-hybridized carbons (Fsp3) is 0.400. The maximum atomic E-state index is 12.8. The number of hydrogen-bond donors (Lipinski definition) is 1. The third kappa shape index (κ3) is 3.44. The molecule has 1 aromatic heterocycles. The molecule has 0 bridgehead atoms. The maximum Gasteiger partial charge on any atom is 0.418 e. The number of rotatable bonds is 2. The molecular formula is C15H16ClF3N2O. The summed E-state index contributed by atoms with van der Waals surface area (Å²) in [5.41, 5.74) is 0.292. The molecule has 0 radical (unpaired) electrons. The van der Waals surface area contributed by atoms with Crippen LogP contribution in [-0.2, 0) is 5.41 Å². The molecular weight excluding hydrogens is 317 g/mol. The van der Waals surface area contributed by atoms with Gasteiger partial charge in [0.1, 0.15) is 0 Å². The molecule has 2 aromatic rings. The van der Waals surface area contributed by atoms with E-state index in [0.717, 1.165) is 11.8 Å². The number of aromatic nitrogens is 2. The Hall–Kier alpha value is -1.53. The molecule has 120 valence electrons. The second kappa shape index (κ2) is 5.59. The first-order valence-corrected chi connectivity index (χ1v) is 6.98. The van der Waals surface area contributed by atoms with Gasteiger partial charge in [0, 0.05) is 22.2 Å². The van der Waals surface area contributed by atoms with Gasteiger partial charge in [-0.3, -0.25) is 0 Å². The van der Waals surface area contributed by atoms with Crippen molar-refractivity contribution in [1.82, 2.24) is 9.78 Å². The lowest BCUT2D eigenvalue weighted by Gasteiger charge is -2.19. The molecule has 0 aliphatic rings. The number of aliphatic hydroxyl groups is 1. The number of halogens is 4. The van der Waals surface area contributed by atoms with E-state index in [0.29, 0.717) is 0 Å².